The van der Waals surface area contributed by atoms with Crippen LogP contribution in [0.3, 0.4) is 0 Å². The van der Waals surface area contributed by atoms with Gasteiger partial charge in [-0.25, -0.2) is 13.9 Å². The third-order valence-electron chi connectivity index (χ3n) is 5.38. The first-order chi connectivity index (χ1) is 14.6. The van der Waals surface area contributed by atoms with Gasteiger partial charge in [0, 0.05) is 45.8 Å². The van der Waals surface area contributed by atoms with E-state index in [9.17, 15) is 4.39 Å². The van der Waals surface area contributed by atoms with E-state index in [1.807, 2.05) is 37.1 Å². The Bertz CT molecular complexity index is 1190. The first-order valence-corrected chi connectivity index (χ1v) is 9.97. The van der Waals surface area contributed by atoms with Gasteiger partial charge in [-0.1, -0.05) is 0 Å². The highest BCUT2D eigenvalue weighted by Crippen LogP contribution is 2.38. The summed E-state index contributed by atoms with van der Waals surface area (Å²) >= 11 is 0. The molecule has 0 unspecified atom stereocenters. The second kappa shape index (κ2) is 7.42. The van der Waals surface area contributed by atoms with E-state index in [4.69, 9.17) is 10.2 Å². The molecule has 0 radical (unpaired) electrons. The molecule has 5 rings (SSSR count). The quantitative estimate of drug-likeness (QED) is 0.542. The molecule has 2 N–H and O–H groups in total. The maximum atomic E-state index is 13.5. The molecular formula is C21H23FN8. The van der Waals surface area contributed by atoms with Crippen LogP contribution < -0.4 is 15.5 Å². The molecule has 1 aromatic carbocycles. The SMILES string of the molecule is CNc1cn2nc(-c3c(-c4ccc(F)cc4)nn(C)c3N3CCNCC3)ccc2n1. The fraction of sp³-hybridized carbons (Fsp3) is 0.286. The van der Waals surface area contributed by atoms with E-state index in [1.54, 1.807) is 16.6 Å². The van der Waals surface area contributed by atoms with Crippen molar-refractivity contribution in [2.75, 3.05) is 43.4 Å². The molecule has 3 aromatic heterocycles. The largest absolute Gasteiger partial charge is 0.372 e. The Morgan fingerprint density at radius 1 is 1.03 bits per heavy atom. The van der Waals surface area contributed by atoms with Gasteiger partial charge in [-0.15, -0.1) is 0 Å². The summed E-state index contributed by atoms with van der Waals surface area (Å²) in [5, 5.41) is 16.1. The second-order valence-corrected chi connectivity index (χ2v) is 7.31. The highest BCUT2D eigenvalue weighted by molar-refractivity contribution is 5.88. The lowest BCUT2D eigenvalue weighted by Crippen LogP contribution is -2.44. The third kappa shape index (κ3) is 3.17. The van der Waals surface area contributed by atoms with Gasteiger partial charge >= 0.3 is 0 Å². The molecule has 4 heterocycles. The molecule has 4 aromatic rings. The highest BCUT2D eigenvalue weighted by atomic mass is 19.1. The molecule has 154 valence electrons. The molecule has 1 aliphatic rings. The van der Waals surface area contributed by atoms with Crippen LogP contribution >= 0.6 is 0 Å². The van der Waals surface area contributed by atoms with Crippen LogP contribution in [0.1, 0.15) is 0 Å². The van der Waals surface area contributed by atoms with Gasteiger partial charge in [-0.05, 0) is 36.4 Å². The van der Waals surface area contributed by atoms with Gasteiger partial charge in [0.05, 0.1) is 17.5 Å². The number of aromatic nitrogens is 5. The minimum Gasteiger partial charge on any atom is -0.372 e. The van der Waals surface area contributed by atoms with Crippen molar-refractivity contribution in [1.82, 2.24) is 29.7 Å². The Kier molecular flexibility index (Phi) is 4.59. The number of imidazole rings is 1. The average Bonchev–Trinajstić information content (AvgIpc) is 3.34. The number of aryl methyl sites for hydroxylation is 1. The number of halogens is 1. The standard InChI is InChI=1S/C21H23FN8/c1-23-17-13-30-18(25-17)8-7-16(26-30)19-20(14-3-5-15(22)6-4-14)27-28(2)21(19)29-11-9-24-10-12-29/h3-8,13,23-24H,9-12H2,1-2H3. The van der Waals surface area contributed by atoms with Crippen molar-refractivity contribution in [3.63, 3.8) is 0 Å². The fourth-order valence-electron chi connectivity index (χ4n) is 3.94. The summed E-state index contributed by atoms with van der Waals surface area (Å²) in [6.45, 7) is 3.59. The van der Waals surface area contributed by atoms with Gasteiger partial charge in [-0.3, -0.25) is 4.68 Å². The van der Waals surface area contributed by atoms with Crippen molar-refractivity contribution in [2.45, 2.75) is 0 Å². The zero-order valence-corrected chi connectivity index (χ0v) is 16.9. The average molecular weight is 406 g/mol. The normalized spacial score (nSPS) is 14.4. The molecule has 1 aliphatic heterocycles. The number of benzene rings is 1. The predicted molar refractivity (Wildman–Crippen MR) is 115 cm³/mol. The van der Waals surface area contributed by atoms with E-state index in [1.165, 1.54) is 12.1 Å². The monoisotopic (exact) mass is 406 g/mol. The number of nitrogens with one attached hydrogen (secondary N) is 2. The Morgan fingerprint density at radius 3 is 2.53 bits per heavy atom. The molecule has 9 heteroatoms. The van der Waals surface area contributed by atoms with Crippen LogP contribution in [0.2, 0.25) is 0 Å². The molecule has 0 saturated carbocycles. The highest BCUT2D eigenvalue weighted by Gasteiger charge is 2.26. The van der Waals surface area contributed by atoms with E-state index in [-0.39, 0.29) is 5.82 Å². The Balaban J connectivity index is 1.72. The summed E-state index contributed by atoms with van der Waals surface area (Å²) in [5.74, 6) is 1.50. The van der Waals surface area contributed by atoms with Crippen LogP contribution in [0, 0.1) is 5.82 Å². The minimum atomic E-state index is -0.267. The van der Waals surface area contributed by atoms with Crippen LogP contribution in [-0.2, 0) is 7.05 Å². The fourth-order valence-corrected chi connectivity index (χ4v) is 3.94. The smallest absolute Gasteiger partial charge is 0.156 e. The number of anilines is 2. The molecule has 0 spiro atoms. The maximum absolute atomic E-state index is 13.5. The van der Waals surface area contributed by atoms with Crippen molar-refractivity contribution in [3.05, 3.63) is 48.4 Å². The summed E-state index contributed by atoms with van der Waals surface area (Å²) in [5.41, 5.74) is 4.13. The summed E-state index contributed by atoms with van der Waals surface area (Å²) in [7, 11) is 3.78. The Hall–Kier alpha value is -3.46. The number of rotatable bonds is 4. The van der Waals surface area contributed by atoms with Crippen LogP contribution in [0.5, 0.6) is 0 Å². The molecule has 8 nitrogen and oxygen atoms in total. The van der Waals surface area contributed by atoms with Gasteiger partial charge in [0.25, 0.3) is 0 Å². The number of hydrogen-bond acceptors (Lipinski definition) is 6. The first-order valence-electron chi connectivity index (χ1n) is 9.97. The molecule has 1 fully saturated rings. The summed E-state index contributed by atoms with van der Waals surface area (Å²) in [4.78, 5) is 6.81. The number of piperazine rings is 1. The van der Waals surface area contributed by atoms with Gasteiger partial charge < -0.3 is 15.5 Å². The van der Waals surface area contributed by atoms with E-state index < -0.39 is 0 Å². The number of nitrogens with zero attached hydrogens (tertiary/aromatic N) is 6. The first kappa shape index (κ1) is 18.6. The second-order valence-electron chi connectivity index (χ2n) is 7.31. The third-order valence-corrected chi connectivity index (χ3v) is 5.38. The van der Waals surface area contributed by atoms with Crippen molar-refractivity contribution in [2.24, 2.45) is 7.05 Å². The van der Waals surface area contributed by atoms with E-state index >= 15 is 0 Å². The summed E-state index contributed by atoms with van der Waals surface area (Å²) < 4.78 is 17.2. The summed E-state index contributed by atoms with van der Waals surface area (Å²) in [6, 6.07) is 10.4. The lowest BCUT2D eigenvalue weighted by molar-refractivity contribution is 0.573. The number of fused-ring (bicyclic) bond motifs is 1. The van der Waals surface area contributed by atoms with Crippen LogP contribution in [0.15, 0.2) is 42.6 Å². The van der Waals surface area contributed by atoms with Gasteiger partial charge in [0.15, 0.2) is 5.65 Å². The van der Waals surface area contributed by atoms with Crippen LogP contribution in [-0.4, -0.2) is 57.6 Å². The molecule has 1 saturated heterocycles. The predicted octanol–water partition coefficient (Wildman–Crippen LogP) is 2.39. The number of hydrogen-bond donors (Lipinski definition) is 2. The van der Waals surface area contributed by atoms with Crippen molar-refractivity contribution in [1.29, 1.82) is 0 Å². The zero-order valence-electron chi connectivity index (χ0n) is 16.9. The van der Waals surface area contributed by atoms with E-state index in [2.05, 4.69) is 20.5 Å². The topological polar surface area (TPSA) is 75.3 Å². The lowest BCUT2D eigenvalue weighted by Gasteiger charge is -2.30. The molecule has 0 bridgehead atoms. The van der Waals surface area contributed by atoms with E-state index in [0.717, 1.165) is 66.0 Å². The Labute approximate surface area is 173 Å². The summed E-state index contributed by atoms with van der Waals surface area (Å²) in [6.07, 6.45) is 1.86. The molecule has 30 heavy (non-hydrogen) atoms. The van der Waals surface area contributed by atoms with Crippen molar-refractivity contribution >= 4 is 17.3 Å². The van der Waals surface area contributed by atoms with Crippen molar-refractivity contribution in [3.8, 4) is 22.5 Å². The molecule has 0 aliphatic carbocycles. The minimum absolute atomic E-state index is 0.267. The van der Waals surface area contributed by atoms with Crippen molar-refractivity contribution < 1.29 is 4.39 Å². The zero-order chi connectivity index (χ0) is 20.7. The molecular weight excluding hydrogens is 383 g/mol. The van der Waals surface area contributed by atoms with E-state index in [0.29, 0.717) is 0 Å². The Morgan fingerprint density at radius 2 is 1.80 bits per heavy atom. The van der Waals surface area contributed by atoms with Gasteiger partial charge in [0.2, 0.25) is 0 Å². The van der Waals surface area contributed by atoms with Crippen LogP contribution in [0.25, 0.3) is 28.2 Å². The van der Waals surface area contributed by atoms with Gasteiger partial charge in [0.1, 0.15) is 23.1 Å². The molecule has 0 amide bonds. The maximum Gasteiger partial charge on any atom is 0.156 e. The van der Waals surface area contributed by atoms with Crippen LogP contribution in [0.4, 0.5) is 16.0 Å². The van der Waals surface area contributed by atoms with Gasteiger partial charge in [-0.2, -0.15) is 10.2 Å². The molecule has 0 atom stereocenters. The lowest BCUT2D eigenvalue weighted by atomic mass is 10.0.